The van der Waals surface area contributed by atoms with E-state index in [4.69, 9.17) is 20.9 Å². The molecule has 0 fully saturated rings. The van der Waals surface area contributed by atoms with Gasteiger partial charge in [0.2, 0.25) is 11.7 Å². The monoisotopic (exact) mass is 385 g/mol. The molecule has 0 saturated carbocycles. The van der Waals surface area contributed by atoms with Gasteiger partial charge in [0.05, 0.1) is 11.6 Å². The van der Waals surface area contributed by atoms with Gasteiger partial charge in [0.15, 0.2) is 6.10 Å². The van der Waals surface area contributed by atoms with Crippen LogP contribution in [0.5, 0.6) is 5.75 Å². The molecule has 0 radical (unpaired) electrons. The fraction of sp³-hybridized carbons (Fsp3) is 0.250. The SMILES string of the molecule is Cc1cccc(O[C@@H](C)C(=O)N(C)Cc2nc(-c3ccccc3Cl)no2)c1. The third-order valence-corrected chi connectivity index (χ3v) is 4.31. The number of amides is 1. The highest BCUT2D eigenvalue weighted by atomic mass is 35.5. The lowest BCUT2D eigenvalue weighted by Gasteiger charge is -2.20. The molecular weight excluding hydrogens is 366 g/mol. The highest BCUT2D eigenvalue weighted by Gasteiger charge is 2.22. The first kappa shape index (κ1) is 18.9. The van der Waals surface area contributed by atoms with Crippen molar-refractivity contribution in [2.45, 2.75) is 26.5 Å². The first-order chi connectivity index (χ1) is 12.9. The van der Waals surface area contributed by atoms with Crippen molar-refractivity contribution in [3.05, 3.63) is 65.0 Å². The van der Waals surface area contributed by atoms with Crippen LogP contribution in [0, 0.1) is 6.92 Å². The molecular formula is C20H20ClN3O3. The van der Waals surface area contributed by atoms with Crippen molar-refractivity contribution in [3.63, 3.8) is 0 Å². The van der Waals surface area contributed by atoms with Crippen LogP contribution in [0.4, 0.5) is 0 Å². The number of benzene rings is 2. The summed E-state index contributed by atoms with van der Waals surface area (Å²) in [6.45, 7) is 3.86. The third kappa shape index (κ3) is 4.65. The van der Waals surface area contributed by atoms with Gasteiger partial charge in [-0.1, -0.05) is 41.0 Å². The molecule has 7 heteroatoms. The quantitative estimate of drug-likeness (QED) is 0.638. The normalized spacial score (nSPS) is 11.9. The van der Waals surface area contributed by atoms with Crippen LogP contribution in [0.15, 0.2) is 53.1 Å². The second-order valence-electron chi connectivity index (χ2n) is 6.26. The molecule has 3 aromatic rings. The molecule has 2 aromatic carbocycles. The largest absolute Gasteiger partial charge is 0.481 e. The van der Waals surface area contributed by atoms with Crippen molar-refractivity contribution >= 4 is 17.5 Å². The molecule has 1 aromatic heterocycles. The molecule has 6 nitrogen and oxygen atoms in total. The number of aromatic nitrogens is 2. The molecule has 1 amide bonds. The third-order valence-electron chi connectivity index (χ3n) is 3.98. The summed E-state index contributed by atoms with van der Waals surface area (Å²) in [4.78, 5) is 18.4. The Balaban J connectivity index is 1.64. The molecule has 0 aliphatic carbocycles. The molecule has 0 unspecified atom stereocenters. The average molecular weight is 386 g/mol. The number of nitrogens with zero attached hydrogens (tertiary/aromatic N) is 3. The molecule has 1 atom stereocenters. The van der Waals surface area contributed by atoms with Gasteiger partial charge in [-0.15, -0.1) is 0 Å². The minimum absolute atomic E-state index is 0.178. The van der Waals surface area contributed by atoms with Gasteiger partial charge in [0.1, 0.15) is 5.75 Å². The Morgan fingerprint density at radius 1 is 1.26 bits per heavy atom. The first-order valence-corrected chi connectivity index (χ1v) is 8.87. The number of likely N-dealkylation sites (N-methyl/N-ethyl adjacent to an activating group) is 1. The fourth-order valence-electron chi connectivity index (χ4n) is 2.61. The van der Waals surface area contributed by atoms with Crippen LogP contribution in [0.1, 0.15) is 18.4 Å². The Morgan fingerprint density at radius 3 is 2.78 bits per heavy atom. The van der Waals surface area contributed by atoms with Crippen molar-refractivity contribution in [2.75, 3.05) is 7.05 Å². The van der Waals surface area contributed by atoms with Gasteiger partial charge in [0, 0.05) is 12.6 Å². The van der Waals surface area contributed by atoms with E-state index in [2.05, 4.69) is 10.1 Å². The average Bonchev–Trinajstić information content (AvgIpc) is 3.09. The second-order valence-corrected chi connectivity index (χ2v) is 6.67. The minimum Gasteiger partial charge on any atom is -0.481 e. The summed E-state index contributed by atoms with van der Waals surface area (Å²) in [5, 5.41) is 4.48. The maximum Gasteiger partial charge on any atom is 0.263 e. The fourth-order valence-corrected chi connectivity index (χ4v) is 2.83. The summed E-state index contributed by atoms with van der Waals surface area (Å²) in [6.07, 6.45) is -0.636. The van der Waals surface area contributed by atoms with E-state index in [1.165, 1.54) is 4.90 Å². The number of hydrogen-bond donors (Lipinski definition) is 0. The van der Waals surface area contributed by atoms with Gasteiger partial charge < -0.3 is 14.2 Å². The van der Waals surface area contributed by atoms with E-state index in [-0.39, 0.29) is 12.5 Å². The van der Waals surface area contributed by atoms with Crippen molar-refractivity contribution in [1.29, 1.82) is 0 Å². The van der Waals surface area contributed by atoms with Crippen LogP contribution < -0.4 is 4.74 Å². The van der Waals surface area contributed by atoms with Crippen molar-refractivity contribution in [1.82, 2.24) is 15.0 Å². The Bertz CT molecular complexity index is 941. The van der Waals surface area contributed by atoms with Crippen LogP contribution in [0.25, 0.3) is 11.4 Å². The standard InChI is InChI=1S/C20H20ClN3O3/c1-13-7-6-8-15(11-13)26-14(2)20(25)24(3)12-18-22-19(23-27-18)16-9-4-5-10-17(16)21/h4-11,14H,12H2,1-3H3/t14-/m0/s1. The van der Waals surface area contributed by atoms with Crippen LogP contribution in [-0.4, -0.2) is 34.1 Å². The lowest BCUT2D eigenvalue weighted by atomic mass is 10.2. The molecule has 0 N–H and O–H groups in total. The van der Waals surface area contributed by atoms with Crippen LogP contribution in [0.3, 0.4) is 0 Å². The zero-order chi connectivity index (χ0) is 19.4. The maximum absolute atomic E-state index is 12.6. The highest BCUT2D eigenvalue weighted by Crippen LogP contribution is 2.25. The number of carbonyl (C=O) groups excluding carboxylic acids is 1. The smallest absolute Gasteiger partial charge is 0.263 e. The second kappa shape index (κ2) is 8.22. The summed E-state index contributed by atoms with van der Waals surface area (Å²) in [7, 11) is 1.66. The van der Waals surface area contributed by atoms with Gasteiger partial charge in [-0.25, -0.2) is 0 Å². The number of aryl methyl sites for hydroxylation is 1. The lowest BCUT2D eigenvalue weighted by molar-refractivity contribution is -0.137. The van der Waals surface area contributed by atoms with E-state index in [9.17, 15) is 4.79 Å². The minimum atomic E-state index is -0.636. The summed E-state index contributed by atoms with van der Waals surface area (Å²) >= 11 is 6.15. The van der Waals surface area contributed by atoms with Crippen LogP contribution in [0.2, 0.25) is 5.02 Å². The molecule has 140 valence electrons. The van der Waals surface area contributed by atoms with Gasteiger partial charge in [-0.3, -0.25) is 4.79 Å². The topological polar surface area (TPSA) is 68.5 Å². The van der Waals surface area contributed by atoms with E-state index in [1.54, 1.807) is 20.0 Å². The predicted octanol–water partition coefficient (Wildman–Crippen LogP) is 4.12. The molecule has 0 aliphatic heterocycles. The summed E-state index contributed by atoms with van der Waals surface area (Å²) in [5.41, 5.74) is 1.75. The Labute approximate surface area is 162 Å². The summed E-state index contributed by atoms with van der Waals surface area (Å²) in [6, 6.07) is 14.8. The molecule has 0 bridgehead atoms. The number of hydrogen-bond acceptors (Lipinski definition) is 5. The van der Waals surface area contributed by atoms with E-state index in [1.807, 2.05) is 49.4 Å². The van der Waals surface area contributed by atoms with Crippen molar-refractivity contribution in [2.24, 2.45) is 0 Å². The summed E-state index contributed by atoms with van der Waals surface area (Å²) in [5.74, 6) is 1.18. The van der Waals surface area contributed by atoms with E-state index >= 15 is 0 Å². The van der Waals surface area contributed by atoms with Crippen molar-refractivity contribution in [3.8, 4) is 17.1 Å². The number of ether oxygens (including phenoxy) is 1. The molecule has 0 saturated heterocycles. The Hall–Kier alpha value is -2.86. The van der Waals surface area contributed by atoms with Crippen LogP contribution >= 0.6 is 11.6 Å². The van der Waals surface area contributed by atoms with E-state index in [0.29, 0.717) is 28.1 Å². The van der Waals surface area contributed by atoms with E-state index < -0.39 is 6.10 Å². The molecule has 1 heterocycles. The highest BCUT2D eigenvalue weighted by molar-refractivity contribution is 6.33. The zero-order valence-electron chi connectivity index (χ0n) is 15.3. The lowest BCUT2D eigenvalue weighted by Crippen LogP contribution is -2.37. The predicted molar refractivity (Wildman–Crippen MR) is 102 cm³/mol. The first-order valence-electron chi connectivity index (χ1n) is 8.50. The van der Waals surface area contributed by atoms with Crippen molar-refractivity contribution < 1.29 is 14.1 Å². The number of halogens is 1. The van der Waals surface area contributed by atoms with E-state index in [0.717, 1.165) is 5.56 Å². The van der Waals surface area contributed by atoms with Gasteiger partial charge in [-0.2, -0.15) is 4.98 Å². The number of rotatable bonds is 6. The molecule has 0 aliphatic rings. The van der Waals surface area contributed by atoms with Crippen LogP contribution in [-0.2, 0) is 11.3 Å². The molecule has 3 rings (SSSR count). The molecule has 27 heavy (non-hydrogen) atoms. The van der Waals surface area contributed by atoms with Gasteiger partial charge in [-0.05, 0) is 43.7 Å². The molecule has 0 spiro atoms. The van der Waals surface area contributed by atoms with Gasteiger partial charge >= 0.3 is 0 Å². The summed E-state index contributed by atoms with van der Waals surface area (Å²) < 4.78 is 11.0. The maximum atomic E-state index is 12.6. The van der Waals surface area contributed by atoms with Gasteiger partial charge in [0.25, 0.3) is 5.91 Å². The Morgan fingerprint density at radius 2 is 2.04 bits per heavy atom. The number of carbonyl (C=O) groups is 1. The zero-order valence-corrected chi connectivity index (χ0v) is 16.1. The Kier molecular flexibility index (Phi) is 5.76.